The largest absolute Gasteiger partial charge is 0.461 e. The zero-order valence-electron chi connectivity index (χ0n) is 11.1. The normalized spacial score (nSPS) is 41.9. The fourth-order valence-electron chi connectivity index (χ4n) is 2.77. The van der Waals surface area contributed by atoms with Gasteiger partial charge in [-0.2, -0.15) is 0 Å². The van der Waals surface area contributed by atoms with Gasteiger partial charge in [-0.3, -0.25) is 4.79 Å². The first-order valence-electron chi connectivity index (χ1n) is 6.53. The smallest absolute Gasteiger partial charge is 0.309 e. The van der Waals surface area contributed by atoms with Crippen LogP contribution < -0.4 is 0 Å². The lowest BCUT2D eigenvalue weighted by Crippen LogP contribution is -2.45. The summed E-state index contributed by atoms with van der Waals surface area (Å²) in [6, 6.07) is 0. The van der Waals surface area contributed by atoms with Crippen LogP contribution in [0.1, 0.15) is 34.1 Å². The van der Waals surface area contributed by atoms with E-state index in [9.17, 15) is 4.79 Å². The molecular weight excluding hydrogens is 232 g/mol. The Balaban J connectivity index is 2.05. The summed E-state index contributed by atoms with van der Waals surface area (Å²) >= 11 is 1.81. The van der Waals surface area contributed by atoms with Gasteiger partial charge in [0.15, 0.2) is 0 Å². The molecule has 0 bridgehead atoms. The average molecular weight is 254 g/mol. The van der Waals surface area contributed by atoms with Crippen LogP contribution in [0, 0.1) is 23.7 Å². The topological polar surface area (TPSA) is 26.3 Å². The van der Waals surface area contributed by atoms with Gasteiger partial charge >= 0.3 is 5.97 Å². The molecule has 0 radical (unpaired) electrons. The molecule has 1 saturated heterocycles. The SMILES string of the molecule is CC(C)C1C[C@@H](C)[C@@H](C2SC=CC2C)OC1=O. The summed E-state index contributed by atoms with van der Waals surface area (Å²) in [6.07, 6.45) is 3.28. The van der Waals surface area contributed by atoms with Gasteiger partial charge in [0.2, 0.25) is 0 Å². The van der Waals surface area contributed by atoms with Crippen LogP contribution in [-0.4, -0.2) is 17.3 Å². The Morgan fingerprint density at radius 3 is 2.65 bits per heavy atom. The number of carbonyl (C=O) groups excluding carboxylic acids is 1. The molecule has 0 aromatic rings. The minimum Gasteiger partial charge on any atom is -0.461 e. The maximum atomic E-state index is 12.0. The molecule has 0 aromatic carbocycles. The molecule has 2 heterocycles. The van der Waals surface area contributed by atoms with Crippen molar-refractivity contribution in [3.8, 4) is 0 Å². The van der Waals surface area contributed by atoms with Crippen molar-refractivity contribution in [2.75, 3.05) is 0 Å². The van der Waals surface area contributed by atoms with Crippen LogP contribution in [0.2, 0.25) is 0 Å². The molecule has 2 nitrogen and oxygen atoms in total. The van der Waals surface area contributed by atoms with Crippen LogP contribution in [0.25, 0.3) is 0 Å². The molecule has 2 aliphatic rings. The summed E-state index contributed by atoms with van der Waals surface area (Å²) in [6.45, 7) is 8.63. The zero-order valence-corrected chi connectivity index (χ0v) is 11.9. The Bertz CT molecular complexity index is 324. The number of ether oxygens (including phenoxy) is 1. The van der Waals surface area contributed by atoms with E-state index in [0.29, 0.717) is 23.0 Å². The van der Waals surface area contributed by atoms with E-state index in [1.54, 1.807) is 0 Å². The quantitative estimate of drug-likeness (QED) is 0.706. The molecule has 3 unspecified atom stereocenters. The average Bonchev–Trinajstić information content (AvgIpc) is 2.67. The van der Waals surface area contributed by atoms with E-state index in [2.05, 4.69) is 39.2 Å². The molecule has 5 atom stereocenters. The molecule has 0 saturated carbocycles. The fraction of sp³-hybridized carbons (Fsp3) is 0.786. The van der Waals surface area contributed by atoms with Gasteiger partial charge < -0.3 is 4.74 Å². The van der Waals surface area contributed by atoms with E-state index in [-0.39, 0.29) is 18.0 Å². The van der Waals surface area contributed by atoms with Crippen LogP contribution >= 0.6 is 11.8 Å². The molecule has 96 valence electrons. The number of rotatable bonds is 2. The minimum absolute atomic E-state index is 0.0165. The Morgan fingerprint density at radius 1 is 1.41 bits per heavy atom. The maximum absolute atomic E-state index is 12.0. The lowest BCUT2D eigenvalue weighted by Gasteiger charge is -2.38. The van der Waals surface area contributed by atoms with Gasteiger partial charge in [-0.15, -0.1) is 11.8 Å². The molecule has 0 aromatic heterocycles. The van der Waals surface area contributed by atoms with E-state index in [1.807, 2.05) is 11.8 Å². The van der Waals surface area contributed by atoms with Crippen LogP contribution in [0.15, 0.2) is 11.5 Å². The zero-order chi connectivity index (χ0) is 12.6. The van der Waals surface area contributed by atoms with E-state index < -0.39 is 0 Å². The van der Waals surface area contributed by atoms with Crippen molar-refractivity contribution in [2.24, 2.45) is 23.7 Å². The third-order valence-corrected chi connectivity index (χ3v) is 5.33. The number of cyclic esters (lactones) is 1. The Kier molecular flexibility index (Phi) is 3.86. The van der Waals surface area contributed by atoms with Gasteiger partial charge in [-0.25, -0.2) is 0 Å². The Labute approximate surface area is 108 Å². The van der Waals surface area contributed by atoms with Crippen molar-refractivity contribution in [1.82, 2.24) is 0 Å². The van der Waals surface area contributed by atoms with Crippen molar-refractivity contribution in [3.63, 3.8) is 0 Å². The molecule has 3 heteroatoms. The van der Waals surface area contributed by atoms with Crippen LogP contribution in [0.4, 0.5) is 0 Å². The van der Waals surface area contributed by atoms with Gasteiger partial charge in [0.1, 0.15) is 6.10 Å². The van der Waals surface area contributed by atoms with Crippen molar-refractivity contribution < 1.29 is 9.53 Å². The minimum atomic E-state index is 0.0165. The summed E-state index contributed by atoms with van der Waals surface area (Å²) in [5, 5.41) is 2.56. The number of hydrogen-bond acceptors (Lipinski definition) is 3. The monoisotopic (exact) mass is 254 g/mol. The fourth-order valence-corrected chi connectivity index (χ4v) is 4.11. The van der Waals surface area contributed by atoms with Crippen molar-refractivity contribution in [3.05, 3.63) is 11.5 Å². The van der Waals surface area contributed by atoms with E-state index in [0.717, 1.165) is 6.42 Å². The van der Waals surface area contributed by atoms with Crippen LogP contribution in [-0.2, 0) is 9.53 Å². The highest BCUT2D eigenvalue weighted by atomic mass is 32.2. The summed E-state index contributed by atoms with van der Waals surface area (Å²) < 4.78 is 5.73. The highest BCUT2D eigenvalue weighted by Gasteiger charge is 2.42. The number of carbonyl (C=O) groups is 1. The molecule has 0 aliphatic carbocycles. The van der Waals surface area contributed by atoms with Crippen molar-refractivity contribution >= 4 is 17.7 Å². The summed E-state index contributed by atoms with van der Waals surface area (Å²) in [7, 11) is 0. The predicted octanol–water partition coefficient (Wildman–Crippen LogP) is 3.48. The lowest BCUT2D eigenvalue weighted by molar-refractivity contribution is -0.167. The van der Waals surface area contributed by atoms with Gasteiger partial charge in [-0.05, 0) is 29.6 Å². The second kappa shape index (κ2) is 5.05. The molecule has 17 heavy (non-hydrogen) atoms. The lowest BCUT2D eigenvalue weighted by atomic mass is 9.80. The Morgan fingerprint density at radius 2 is 2.12 bits per heavy atom. The Hall–Kier alpha value is -0.440. The van der Waals surface area contributed by atoms with E-state index >= 15 is 0 Å². The molecule has 2 aliphatic heterocycles. The summed E-state index contributed by atoms with van der Waals surface area (Å²) in [5.74, 6) is 1.48. The predicted molar refractivity (Wildman–Crippen MR) is 71.7 cm³/mol. The second-order valence-electron chi connectivity index (χ2n) is 5.75. The van der Waals surface area contributed by atoms with Gasteiger partial charge in [0.05, 0.1) is 11.2 Å². The standard InChI is InChI=1S/C14H22O2S/c1-8(2)11-7-10(4)12(16-14(11)15)13-9(3)5-6-17-13/h5-6,8-13H,7H2,1-4H3/t9?,10-,11?,12+,13?/m1/s1. The first-order chi connectivity index (χ1) is 8.00. The number of esters is 1. The molecule has 0 spiro atoms. The van der Waals surface area contributed by atoms with E-state index in [4.69, 9.17) is 4.74 Å². The summed E-state index contributed by atoms with van der Waals surface area (Å²) in [5.41, 5.74) is 0. The third kappa shape index (κ3) is 2.54. The molecular formula is C14H22O2S. The molecule has 1 fully saturated rings. The molecule has 0 amide bonds. The molecule has 2 rings (SSSR count). The van der Waals surface area contributed by atoms with E-state index in [1.165, 1.54) is 0 Å². The first kappa shape index (κ1) is 13.0. The van der Waals surface area contributed by atoms with Gasteiger partial charge in [-0.1, -0.05) is 33.8 Å². The third-order valence-electron chi connectivity index (χ3n) is 4.01. The van der Waals surface area contributed by atoms with Crippen LogP contribution in [0.5, 0.6) is 0 Å². The number of allylic oxidation sites excluding steroid dienone is 1. The first-order valence-corrected chi connectivity index (χ1v) is 7.47. The number of thioether (sulfide) groups is 1. The second-order valence-corrected chi connectivity index (χ2v) is 6.84. The highest BCUT2D eigenvalue weighted by Crippen LogP contribution is 2.41. The highest BCUT2D eigenvalue weighted by molar-refractivity contribution is 8.03. The maximum Gasteiger partial charge on any atom is 0.309 e. The van der Waals surface area contributed by atoms with Crippen LogP contribution in [0.3, 0.4) is 0 Å². The molecule has 0 N–H and O–H groups in total. The van der Waals surface area contributed by atoms with Crippen molar-refractivity contribution in [1.29, 1.82) is 0 Å². The summed E-state index contributed by atoms with van der Waals surface area (Å²) in [4.78, 5) is 12.0. The van der Waals surface area contributed by atoms with Crippen molar-refractivity contribution in [2.45, 2.75) is 45.5 Å². The van der Waals surface area contributed by atoms with Gasteiger partial charge in [0.25, 0.3) is 0 Å². The van der Waals surface area contributed by atoms with Gasteiger partial charge in [0, 0.05) is 0 Å². The number of hydrogen-bond donors (Lipinski definition) is 0.